The molecule has 19 heavy (non-hydrogen) atoms. The van der Waals surface area contributed by atoms with Gasteiger partial charge in [-0.1, -0.05) is 12.1 Å². The van der Waals surface area contributed by atoms with Crippen LogP contribution in [0.1, 0.15) is 21.5 Å². The fourth-order valence-corrected chi connectivity index (χ4v) is 1.86. The van der Waals surface area contributed by atoms with Crippen molar-refractivity contribution in [1.82, 2.24) is 0 Å². The monoisotopic (exact) mass is 260 g/mol. The molecule has 1 N–H and O–H groups in total. The van der Waals surface area contributed by atoms with Crippen molar-refractivity contribution >= 4 is 5.97 Å². The van der Waals surface area contributed by atoms with Crippen LogP contribution in [-0.2, 0) is 6.42 Å². The molecule has 0 amide bonds. The average Bonchev–Trinajstić information content (AvgIpc) is 2.39. The number of hydrogen-bond acceptors (Lipinski definition) is 2. The van der Waals surface area contributed by atoms with Crippen LogP contribution < -0.4 is 4.74 Å². The Morgan fingerprint density at radius 1 is 1.16 bits per heavy atom. The van der Waals surface area contributed by atoms with Crippen molar-refractivity contribution in [2.75, 3.05) is 7.11 Å². The third-order valence-electron chi connectivity index (χ3n) is 2.77. The molecule has 0 radical (unpaired) electrons. The Morgan fingerprint density at radius 3 is 2.42 bits per heavy atom. The standard InChI is InChI=1S/C15H13FO3/c1-19-14-4-2-10(3-5-14)6-11-7-12(15(17)18)9-13(16)8-11/h2-5,7-9H,6H2,1H3,(H,17,18). The molecule has 0 aliphatic heterocycles. The minimum absolute atomic E-state index is 0.0384. The van der Waals surface area contributed by atoms with E-state index in [0.29, 0.717) is 12.0 Å². The fraction of sp³-hybridized carbons (Fsp3) is 0.133. The Bertz CT molecular complexity index is 591. The number of carboxylic acids is 1. The van der Waals surface area contributed by atoms with Crippen LogP contribution in [0.25, 0.3) is 0 Å². The highest BCUT2D eigenvalue weighted by molar-refractivity contribution is 5.87. The topological polar surface area (TPSA) is 46.5 Å². The highest BCUT2D eigenvalue weighted by Crippen LogP contribution is 2.17. The Kier molecular flexibility index (Phi) is 3.80. The zero-order valence-corrected chi connectivity index (χ0v) is 10.4. The van der Waals surface area contributed by atoms with Gasteiger partial charge in [0.1, 0.15) is 11.6 Å². The van der Waals surface area contributed by atoms with Crippen LogP contribution in [0.2, 0.25) is 0 Å². The van der Waals surface area contributed by atoms with Gasteiger partial charge in [0.05, 0.1) is 12.7 Å². The predicted octanol–water partition coefficient (Wildman–Crippen LogP) is 3.12. The molecule has 0 aliphatic rings. The van der Waals surface area contributed by atoms with Gasteiger partial charge in [0.25, 0.3) is 0 Å². The highest BCUT2D eigenvalue weighted by atomic mass is 19.1. The summed E-state index contributed by atoms with van der Waals surface area (Å²) < 4.78 is 18.4. The number of rotatable bonds is 4. The van der Waals surface area contributed by atoms with Crippen LogP contribution in [0.5, 0.6) is 5.75 Å². The van der Waals surface area contributed by atoms with Crippen LogP contribution in [0.3, 0.4) is 0 Å². The summed E-state index contributed by atoms with van der Waals surface area (Å²) >= 11 is 0. The first-order valence-electron chi connectivity index (χ1n) is 5.74. The van der Waals surface area contributed by atoms with Gasteiger partial charge in [-0.3, -0.25) is 0 Å². The normalized spacial score (nSPS) is 10.2. The second kappa shape index (κ2) is 5.52. The second-order valence-corrected chi connectivity index (χ2v) is 4.18. The number of hydrogen-bond donors (Lipinski definition) is 1. The van der Waals surface area contributed by atoms with E-state index in [4.69, 9.17) is 9.84 Å². The zero-order valence-electron chi connectivity index (χ0n) is 10.4. The number of aromatic carboxylic acids is 1. The first-order valence-corrected chi connectivity index (χ1v) is 5.74. The van der Waals surface area contributed by atoms with Crippen molar-refractivity contribution in [2.24, 2.45) is 0 Å². The van der Waals surface area contributed by atoms with Crippen LogP contribution in [0.4, 0.5) is 4.39 Å². The molecule has 2 aromatic rings. The van der Waals surface area contributed by atoms with Gasteiger partial charge in [-0.2, -0.15) is 0 Å². The van der Waals surface area contributed by atoms with Gasteiger partial charge in [-0.25, -0.2) is 9.18 Å². The molecule has 0 unspecified atom stereocenters. The van der Waals surface area contributed by atoms with Gasteiger partial charge in [0.2, 0.25) is 0 Å². The fourth-order valence-electron chi connectivity index (χ4n) is 1.86. The average molecular weight is 260 g/mol. The molecule has 0 fully saturated rings. The van der Waals surface area contributed by atoms with Crippen LogP contribution in [0, 0.1) is 5.82 Å². The quantitative estimate of drug-likeness (QED) is 0.918. The Morgan fingerprint density at radius 2 is 1.84 bits per heavy atom. The van der Waals surface area contributed by atoms with E-state index in [2.05, 4.69) is 0 Å². The lowest BCUT2D eigenvalue weighted by Gasteiger charge is -2.05. The summed E-state index contributed by atoms with van der Waals surface area (Å²) in [6.07, 6.45) is 0.474. The summed E-state index contributed by atoms with van der Waals surface area (Å²) in [6.45, 7) is 0. The Hall–Kier alpha value is -2.36. The van der Waals surface area contributed by atoms with Gasteiger partial charge in [-0.05, 0) is 47.9 Å². The van der Waals surface area contributed by atoms with Gasteiger partial charge in [0, 0.05) is 0 Å². The van der Waals surface area contributed by atoms with E-state index >= 15 is 0 Å². The first-order chi connectivity index (χ1) is 9.08. The number of halogens is 1. The summed E-state index contributed by atoms with van der Waals surface area (Å²) in [5.41, 5.74) is 1.55. The van der Waals surface area contributed by atoms with E-state index in [1.165, 1.54) is 12.1 Å². The summed E-state index contributed by atoms with van der Waals surface area (Å²) in [5.74, 6) is -0.923. The lowest BCUT2D eigenvalue weighted by molar-refractivity contribution is 0.0696. The molecule has 0 atom stereocenters. The summed E-state index contributed by atoms with van der Waals surface area (Å²) in [5, 5.41) is 8.88. The molecule has 0 aliphatic carbocycles. The van der Waals surface area contributed by atoms with Crippen molar-refractivity contribution in [2.45, 2.75) is 6.42 Å². The van der Waals surface area contributed by atoms with Crippen LogP contribution in [0.15, 0.2) is 42.5 Å². The minimum atomic E-state index is -1.13. The van der Waals surface area contributed by atoms with Crippen molar-refractivity contribution in [1.29, 1.82) is 0 Å². The number of benzene rings is 2. The number of methoxy groups -OCH3 is 1. The van der Waals surface area contributed by atoms with Gasteiger partial charge in [-0.15, -0.1) is 0 Å². The smallest absolute Gasteiger partial charge is 0.335 e. The number of carbonyl (C=O) groups is 1. The first kappa shape index (κ1) is 13.1. The maximum Gasteiger partial charge on any atom is 0.335 e. The van der Waals surface area contributed by atoms with E-state index in [9.17, 15) is 9.18 Å². The van der Waals surface area contributed by atoms with Crippen molar-refractivity contribution in [3.05, 3.63) is 65.0 Å². The lowest BCUT2D eigenvalue weighted by atomic mass is 10.0. The van der Waals surface area contributed by atoms with Crippen molar-refractivity contribution < 1.29 is 19.0 Å². The SMILES string of the molecule is COc1ccc(Cc2cc(F)cc(C(=O)O)c2)cc1. The van der Waals surface area contributed by atoms with Gasteiger partial charge in [0.15, 0.2) is 0 Å². The second-order valence-electron chi connectivity index (χ2n) is 4.18. The highest BCUT2D eigenvalue weighted by Gasteiger charge is 2.07. The molecule has 98 valence electrons. The molecule has 2 rings (SSSR count). The summed E-state index contributed by atoms with van der Waals surface area (Å²) in [4.78, 5) is 10.9. The van der Waals surface area contributed by atoms with E-state index in [1.54, 1.807) is 7.11 Å². The van der Waals surface area contributed by atoms with E-state index in [0.717, 1.165) is 17.4 Å². The number of carboxylic acid groups (broad SMARTS) is 1. The van der Waals surface area contributed by atoms with Crippen LogP contribution >= 0.6 is 0 Å². The Labute approximate surface area is 110 Å². The van der Waals surface area contributed by atoms with Gasteiger partial charge >= 0.3 is 5.97 Å². The Balaban J connectivity index is 2.24. The molecule has 4 heteroatoms. The molecular weight excluding hydrogens is 247 g/mol. The molecule has 0 aromatic heterocycles. The largest absolute Gasteiger partial charge is 0.497 e. The molecule has 0 saturated heterocycles. The molecule has 0 saturated carbocycles. The van der Waals surface area contributed by atoms with Crippen LogP contribution in [-0.4, -0.2) is 18.2 Å². The molecule has 0 bridgehead atoms. The minimum Gasteiger partial charge on any atom is -0.497 e. The third kappa shape index (κ3) is 3.31. The van der Waals surface area contributed by atoms with E-state index in [1.807, 2.05) is 24.3 Å². The van der Waals surface area contributed by atoms with E-state index in [-0.39, 0.29) is 5.56 Å². The van der Waals surface area contributed by atoms with Gasteiger partial charge < -0.3 is 9.84 Å². The molecule has 2 aromatic carbocycles. The third-order valence-corrected chi connectivity index (χ3v) is 2.77. The molecule has 0 spiro atoms. The molecule has 0 heterocycles. The van der Waals surface area contributed by atoms with Crippen molar-refractivity contribution in [3.8, 4) is 5.75 Å². The number of ether oxygens (including phenoxy) is 1. The maximum absolute atomic E-state index is 13.3. The lowest BCUT2D eigenvalue weighted by Crippen LogP contribution is -1.99. The van der Waals surface area contributed by atoms with E-state index < -0.39 is 11.8 Å². The predicted molar refractivity (Wildman–Crippen MR) is 69.2 cm³/mol. The zero-order chi connectivity index (χ0) is 13.8. The van der Waals surface area contributed by atoms with Crippen molar-refractivity contribution in [3.63, 3.8) is 0 Å². The maximum atomic E-state index is 13.3. The molecule has 3 nitrogen and oxygen atoms in total. The molecular formula is C15H13FO3. The summed E-state index contributed by atoms with van der Waals surface area (Å²) in [7, 11) is 1.58. The summed E-state index contributed by atoms with van der Waals surface area (Å²) in [6, 6.07) is 11.2.